The number of carbonyl (C=O) groups is 1. The molecule has 0 fully saturated rings. The van der Waals surface area contributed by atoms with Crippen molar-refractivity contribution in [1.29, 1.82) is 5.26 Å². The molecular weight excluding hydrogens is 272 g/mol. The number of nitriles is 1. The van der Waals surface area contributed by atoms with E-state index in [1.807, 2.05) is 43.9 Å². The first-order valence-electron chi connectivity index (χ1n) is 8.50. The van der Waals surface area contributed by atoms with Crippen LogP contribution in [0.3, 0.4) is 0 Å². The maximum Gasteiger partial charge on any atom is 0.226 e. The summed E-state index contributed by atoms with van der Waals surface area (Å²) in [6.45, 7) is 10.2. The summed E-state index contributed by atoms with van der Waals surface area (Å²) in [6.07, 6.45) is 4.58. The molecule has 3 heteroatoms. The first kappa shape index (κ1) is 20.2. The first-order chi connectivity index (χ1) is 10.7. The van der Waals surface area contributed by atoms with E-state index in [0.717, 1.165) is 31.4 Å². The fourth-order valence-electron chi connectivity index (χ4n) is 2.52. The fourth-order valence-corrected chi connectivity index (χ4v) is 2.52. The Bertz CT molecular complexity index is 471. The maximum atomic E-state index is 12.3. The molecule has 0 aliphatic rings. The predicted molar refractivity (Wildman–Crippen MR) is 93.9 cm³/mol. The number of nitrogens with zero attached hydrogens (tertiary/aromatic N) is 2. The molecular formula is C19H30N2O. The Morgan fingerprint density at radius 3 is 2.23 bits per heavy atom. The second-order valence-electron chi connectivity index (χ2n) is 5.01. The number of amides is 1. The van der Waals surface area contributed by atoms with Crippen LogP contribution in [0.1, 0.15) is 72.3 Å². The van der Waals surface area contributed by atoms with Crippen LogP contribution in [0.15, 0.2) is 24.3 Å². The molecule has 0 radical (unpaired) electrons. The minimum Gasteiger partial charge on any atom is -0.309 e. The summed E-state index contributed by atoms with van der Waals surface area (Å²) in [5.74, 6) is 0.131. The average Bonchev–Trinajstić information content (AvgIpc) is 2.57. The highest BCUT2D eigenvalue weighted by Crippen LogP contribution is 2.24. The standard InChI is InChI=1S/C17H24N2O.C2H6/c1-4-8-15(9-5-2)19(17(20)6-3)16-11-7-10-14(12-16)13-18;1-2/h7,10-12,15H,4-6,8-9H2,1-3H3;1-2H3. The van der Waals surface area contributed by atoms with Crippen molar-refractivity contribution < 1.29 is 4.79 Å². The van der Waals surface area contributed by atoms with Gasteiger partial charge in [0.25, 0.3) is 0 Å². The third-order valence-electron chi connectivity index (χ3n) is 3.43. The summed E-state index contributed by atoms with van der Waals surface area (Å²) in [4.78, 5) is 14.2. The smallest absolute Gasteiger partial charge is 0.226 e. The van der Waals surface area contributed by atoms with Crippen molar-refractivity contribution in [2.24, 2.45) is 0 Å². The third-order valence-corrected chi connectivity index (χ3v) is 3.43. The molecule has 0 heterocycles. The lowest BCUT2D eigenvalue weighted by molar-refractivity contribution is -0.118. The zero-order valence-corrected chi connectivity index (χ0v) is 14.7. The Balaban J connectivity index is 0.00000211. The monoisotopic (exact) mass is 302 g/mol. The summed E-state index contributed by atoms with van der Waals surface area (Å²) in [5, 5.41) is 9.03. The second kappa shape index (κ2) is 11.8. The van der Waals surface area contributed by atoms with E-state index in [4.69, 9.17) is 5.26 Å². The van der Waals surface area contributed by atoms with Gasteiger partial charge in [0.15, 0.2) is 0 Å². The number of hydrogen-bond acceptors (Lipinski definition) is 2. The Labute approximate surface area is 135 Å². The molecule has 0 unspecified atom stereocenters. The van der Waals surface area contributed by atoms with Gasteiger partial charge in [-0.25, -0.2) is 0 Å². The third kappa shape index (κ3) is 5.89. The van der Waals surface area contributed by atoms with E-state index in [9.17, 15) is 4.79 Å². The second-order valence-corrected chi connectivity index (χ2v) is 5.01. The summed E-state index contributed by atoms with van der Waals surface area (Å²) in [5.41, 5.74) is 1.45. The van der Waals surface area contributed by atoms with Crippen molar-refractivity contribution in [3.05, 3.63) is 29.8 Å². The van der Waals surface area contributed by atoms with Crippen molar-refractivity contribution in [2.75, 3.05) is 4.90 Å². The number of rotatable bonds is 7. The summed E-state index contributed by atoms with van der Waals surface area (Å²) in [6, 6.07) is 9.72. The molecule has 1 amide bonds. The lowest BCUT2D eigenvalue weighted by atomic mass is 10.0. The summed E-state index contributed by atoms with van der Waals surface area (Å²) >= 11 is 0. The van der Waals surface area contributed by atoms with Crippen molar-refractivity contribution in [2.45, 2.75) is 72.8 Å². The minimum atomic E-state index is 0.131. The van der Waals surface area contributed by atoms with Gasteiger partial charge in [-0.05, 0) is 31.0 Å². The average molecular weight is 302 g/mol. The lowest BCUT2D eigenvalue weighted by Gasteiger charge is -2.32. The van der Waals surface area contributed by atoms with Gasteiger partial charge in [-0.1, -0.05) is 53.5 Å². The molecule has 0 spiro atoms. The molecule has 0 atom stereocenters. The largest absolute Gasteiger partial charge is 0.309 e. The summed E-state index contributed by atoms with van der Waals surface area (Å²) < 4.78 is 0. The Hall–Kier alpha value is -1.82. The Kier molecular flexibility index (Phi) is 10.8. The van der Waals surface area contributed by atoms with Crippen LogP contribution in [0.2, 0.25) is 0 Å². The molecule has 1 rings (SSSR count). The van der Waals surface area contributed by atoms with Crippen LogP contribution in [-0.4, -0.2) is 11.9 Å². The number of benzene rings is 1. The van der Waals surface area contributed by atoms with Crippen LogP contribution in [0, 0.1) is 11.3 Å². The molecule has 122 valence electrons. The molecule has 0 aliphatic heterocycles. The molecule has 1 aromatic carbocycles. The Morgan fingerprint density at radius 2 is 1.77 bits per heavy atom. The van der Waals surface area contributed by atoms with Gasteiger partial charge < -0.3 is 4.90 Å². The van der Waals surface area contributed by atoms with Crippen LogP contribution < -0.4 is 4.90 Å². The number of carbonyl (C=O) groups excluding carboxylic acids is 1. The van der Waals surface area contributed by atoms with Gasteiger partial charge in [0.05, 0.1) is 11.6 Å². The van der Waals surface area contributed by atoms with Crippen molar-refractivity contribution in [3.8, 4) is 6.07 Å². The van der Waals surface area contributed by atoms with Crippen LogP contribution in [0.5, 0.6) is 0 Å². The molecule has 1 aromatic rings. The molecule has 3 nitrogen and oxygen atoms in total. The first-order valence-corrected chi connectivity index (χ1v) is 8.50. The van der Waals surface area contributed by atoms with Gasteiger partial charge in [-0.3, -0.25) is 4.79 Å². The van der Waals surface area contributed by atoms with Gasteiger partial charge in [-0.15, -0.1) is 0 Å². The molecule has 0 saturated carbocycles. The van der Waals surface area contributed by atoms with E-state index in [1.165, 1.54) is 0 Å². The topological polar surface area (TPSA) is 44.1 Å². The number of hydrogen-bond donors (Lipinski definition) is 0. The fraction of sp³-hybridized carbons (Fsp3) is 0.579. The van der Waals surface area contributed by atoms with Crippen LogP contribution >= 0.6 is 0 Å². The van der Waals surface area contributed by atoms with E-state index in [1.54, 1.807) is 6.07 Å². The highest BCUT2D eigenvalue weighted by atomic mass is 16.2. The minimum absolute atomic E-state index is 0.131. The highest BCUT2D eigenvalue weighted by molar-refractivity contribution is 5.93. The van der Waals surface area contributed by atoms with Crippen molar-refractivity contribution in [3.63, 3.8) is 0 Å². The lowest BCUT2D eigenvalue weighted by Crippen LogP contribution is -2.40. The van der Waals surface area contributed by atoms with Crippen LogP contribution in [0.4, 0.5) is 5.69 Å². The zero-order chi connectivity index (χ0) is 17.0. The molecule has 22 heavy (non-hydrogen) atoms. The van der Waals surface area contributed by atoms with Gasteiger partial charge in [0.1, 0.15) is 0 Å². The van der Waals surface area contributed by atoms with Crippen molar-refractivity contribution >= 4 is 11.6 Å². The van der Waals surface area contributed by atoms with Crippen LogP contribution in [-0.2, 0) is 4.79 Å². The van der Waals surface area contributed by atoms with Gasteiger partial charge in [0.2, 0.25) is 5.91 Å². The number of anilines is 1. The molecule has 0 saturated heterocycles. The Morgan fingerprint density at radius 1 is 1.18 bits per heavy atom. The van der Waals surface area contributed by atoms with E-state index >= 15 is 0 Å². The molecule has 0 bridgehead atoms. The summed E-state index contributed by atoms with van der Waals surface area (Å²) in [7, 11) is 0. The van der Waals surface area contributed by atoms with Crippen molar-refractivity contribution in [1.82, 2.24) is 0 Å². The normalized spacial score (nSPS) is 9.68. The van der Waals surface area contributed by atoms with Gasteiger partial charge >= 0.3 is 0 Å². The van der Waals surface area contributed by atoms with E-state index in [-0.39, 0.29) is 11.9 Å². The maximum absolute atomic E-state index is 12.3. The molecule has 0 aliphatic carbocycles. The predicted octanol–water partition coefficient (Wildman–Crippen LogP) is 5.30. The zero-order valence-electron chi connectivity index (χ0n) is 14.7. The van der Waals surface area contributed by atoms with Crippen LogP contribution in [0.25, 0.3) is 0 Å². The van der Waals surface area contributed by atoms with E-state index in [2.05, 4.69) is 19.9 Å². The van der Waals surface area contributed by atoms with E-state index < -0.39 is 0 Å². The molecule has 0 N–H and O–H groups in total. The van der Waals surface area contributed by atoms with Gasteiger partial charge in [0, 0.05) is 18.2 Å². The highest BCUT2D eigenvalue weighted by Gasteiger charge is 2.23. The SMILES string of the molecule is CC.CCCC(CCC)N(C(=O)CC)c1cccc(C#N)c1. The quantitative estimate of drug-likeness (QED) is 0.686. The van der Waals surface area contributed by atoms with Gasteiger partial charge in [-0.2, -0.15) is 5.26 Å². The van der Waals surface area contributed by atoms with E-state index in [0.29, 0.717) is 12.0 Å². The molecule has 0 aromatic heterocycles.